The molecule has 2 aromatic rings. The molecule has 0 saturated heterocycles. The molecule has 84 valence electrons. The van der Waals surface area contributed by atoms with E-state index in [9.17, 15) is 0 Å². The number of fused-ring (bicyclic) bond motifs is 1. The van der Waals surface area contributed by atoms with E-state index in [1.807, 2.05) is 4.68 Å². The highest BCUT2D eigenvalue weighted by atomic mass is 15.5. The minimum atomic E-state index is 0.397. The van der Waals surface area contributed by atoms with Gasteiger partial charge in [-0.15, -0.1) is 5.10 Å². The molecule has 6 heteroatoms. The highest BCUT2D eigenvalue weighted by Gasteiger charge is 2.27. The van der Waals surface area contributed by atoms with Gasteiger partial charge in [0.15, 0.2) is 11.2 Å². The van der Waals surface area contributed by atoms with Crippen molar-refractivity contribution >= 4 is 11.2 Å². The fourth-order valence-corrected chi connectivity index (χ4v) is 2.43. The van der Waals surface area contributed by atoms with Crippen LogP contribution >= 0.6 is 0 Å². The van der Waals surface area contributed by atoms with E-state index in [0.717, 1.165) is 30.6 Å². The average Bonchev–Trinajstić information content (AvgIpc) is 2.94. The maximum absolute atomic E-state index is 5.69. The third-order valence-electron chi connectivity index (χ3n) is 3.33. The van der Waals surface area contributed by atoms with Gasteiger partial charge < -0.3 is 5.73 Å². The molecule has 0 aliphatic heterocycles. The Morgan fingerprint density at radius 1 is 1.44 bits per heavy atom. The summed E-state index contributed by atoms with van der Waals surface area (Å²) in [4.78, 5) is 8.17. The molecule has 1 saturated carbocycles. The fourth-order valence-electron chi connectivity index (χ4n) is 2.43. The van der Waals surface area contributed by atoms with Gasteiger partial charge in [0.1, 0.15) is 6.33 Å². The molecule has 0 spiro atoms. The van der Waals surface area contributed by atoms with Gasteiger partial charge >= 0.3 is 0 Å². The zero-order valence-corrected chi connectivity index (χ0v) is 8.95. The number of nitrogens with zero attached hydrogens (tertiary/aromatic N) is 5. The number of rotatable bonds is 2. The third kappa shape index (κ3) is 1.46. The molecule has 3 rings (SSSR count). The molecule has 1 aliphatic carbocycles. The van der Waals surface area contributed by atoms with Crippen LogP contribution in [0.15, 0.2) is 12.5 Å². The number of hydrogen-bond acceptors (Lipinski definition) is 5. The molecule has 2 atom stereocenters. The normalized spacial score (nSPS) is 25.3. The molecule has 0 amide bonds. The number of hydrogen-bond donors (Lipinski definition) is 1. The van der Waals surface area contributed by atoms with E-state index in [1.54, 1.807) is 6.20 Å². The van der Waals surface area contributed by atoms with Crippen molar-refractivity contribution in [3.05, 3.63) is 12.5 Å². The minimum Gasteiger partial charge on any atom is -0.330 e. The van der Waals surface area contributed by atoms with Gasteiger partial charge in [-0.05, 0) is 31.7 Å². The third-order valence-corrected chi connectivity index (χ3v) is 3.33. The zero-order chi connectivity index (χ0) is 11.0. The van der Waals surface area contributed by atoms with E-state index in [0.29, 0.717) is 12.0 Å². The quantitative estimate of drug-likeness (QED) is 0.794. The van der Waals surface area contributed by atoms with Crippen molar-refractivity contribution in [2.45, 2.75) is 25.3 Å². The van der Waals surface area contributed by atoms with Crippen molar-refractivity contribution in [1.82, 2.24) is 25.0 Å². The molecule has 6 nitrogen and oxygen atoms in total. The molecule has 2 N–H and O–H groups in total. The van der Waals surface area contributed by atoms with Crippen LogP contribution in [0.5, 0.6) is 0 Å². The Bertz CT molecular complexity index is 493. The van der Waals surface area contributed by atoms with Gasteiger partial charge in [-0.1, -0.05) is 5.21 Å². The Balaban J connectivity index is 1.95. The minimum absolute atomic E-state index is 0.397. The van der Waals surface area contributed by atoms with Crippen LogP contribution in [0.25, 0.3) is 11.2 Å². The summed E-state index contributed by atoms with van der Waals surface area (Å²) < 4.78 is 1.92. The van der Waals surface area contributed by atoms with Gasteiger partial charge in [0.2, 0.25) is 0 Å². The van der Waals surface area contributed by atoms with Gasteiger partial charge in [-0.2, -0.15) is 0 Å². The van der Waals surface area contributed by atoms with Crippen LogP contribution in [-0.4, -0.2) is 31.5 Å². The predicted octanol–water partition coefficient (Wildman–Crippen LogP) is 0.521. The lowest BCUT2D eigenvalue weighted by atomic mass is 10.1. The summed E-state index contributed by atoms with van der Waals surface area (Å²) in [5, 5.41) is 8.24. The Morgan fingerprint density at radius 2 is 2.38 bits per heavy atom. The number of aromatic nitrogens is 5. The van der Waals surface area contributed by atoms with Crippen LogP contribution in [0, 0.1) is 5.92 Å². The van der Waals surface area contributed by atoms with E-state index >= 15 is 0 Å². The van der Waals surface area contributed by atoms with Crippen molar-refractivity contribution < 1.29 is 0 Å². The van der Waals surface area contributed by atoms with Crippen LogP contribution in [0.4, 0.5) is 0 Å². The van der Waals surface area contributed by atoms with Crippen molar-refractivity contribution in [3.8, 4) is 0 Å². The van der Waals surface area contributed by atoms with E-state index in [2.05, 4.69) is 20.3 Å². The Labute approximate surface area is 92.9 Å². The lowest BCUT2D eigenvalue weighted by Gasteiger charge is -2.10. The van der Waals surface area contributed by atoms with Crippen LogP contribution < -0.4 is 5.73 Å². The maximum Gasteiger partial charge on any atom is 0.181 e. The first-order valence-corrected chi connectivity index (χ1v) is 5.59. The molecule has 0 aromatic carbocycles. The van der Waals surface area contributed by atoms with Crippen LogP contribution in [0.3, 0.4) is 0 Å². The van der Waals surface area contributed by atoms with Crippen LogP contribution in [0.2, 0.25) is 0 Å². The highest BCUT2D eigenvalue weighted by Crippen LogP contribution is 2.34. The molecule has 2 heterocycles. The lowest BCUT2D eigenvalue weighted by Crippen LogP contribution is -2.13. The summed E-state index contributed by atoms with van der Waals surface area (Å²) in [6.45, 7) is 0.762. The van der Waals surface area contributed by atoms with E-state index in [1.165, 1.54) is 12.7 Å². The molecule has 16 heavy (non-hydrogen) atoms. The second-order valence-corrected chi connectivity index (χ2v) is 4.33. The van der Waals surface area contributed by atoms with E-state index in [4.69, 9.17) is 5.73 Å². The molecule has 1 aliphatic rings. The first-order chi connectivity index (χ1) is 7.88. The summed E-state index contributed by atoms with van der Waals surface area (Å²) in [5.41, 5.74) is 7.28. The van der Waals surface area contributed by atoms with Crippen LogP contribution in [0.1, 0.15) is 25.3 Å². The SMILES string of the molecule is NC[C@@H]1CC[C@H](n2nnc3cncnc32)C1. The van der Waals surface area contributed by atoms with Gasteiger partial charge in [0.05, 0.1) is 12.2 Å². The van der Waals surface area contributed by atoms with Gasteiger partial charge in [-0.3, -0.25) is 0 Å². The monoisotopic (exact) mass is 218 g/mol. The standard InChI is InChI=1S/C10H14N6/c11-4-7-1-2-8(3-7)16-10-9(14-15-16)5-12-6-13-10/h5-8H,1-4,11H2/t7-,8+/m1/s1. The molecule has 0 bridgehead atoms. The Kier molecular flexibility index (Phi) is 2.28. The highest BCUT2D eigenvalue weighted by molar-refractivity contribution is 5.67. The van der Waals surface area contributed by atoms with Crippen molar-refractivity contribution in [1.29, 1.82) is 0 Å². The van der Waals surface area contributed by atoms with E-state index in [-0.39, 0.29) is 0 Å². The lowest BCUT2D eigenvalue weighted by molar-refractivity contribution is 0.442. The Morgan fingerprint density at radius 3 is 3.19 bits per heavy atom. The maximum atomic E-state index is 5.69. The summed E-state index contributed by atoms with van der Waals surface area (Å²) in [6, 6.07) is 0.397. The van der Waals surface area contributed by atoms with Gasteiger partial charge in [0, 0.05) is 0 Å². The van der Waals surface area contributed by atoms with Crippen molar-refractivity contribution in [3.63, 3.8) is 0 Å². The molecule has 0 unspecified atom stereocenters. The van der Waals surface area contributed by atoms with Gasteiger partial charge in [0.25, 0.3) is 0 Å². The summed E-state index contributed by atoms with van der Waals surface area (Å²) >= 11 is 0. The molecule has 0 radical (unpaired) electrons. The van der Waals surface area contributed by atoms with Gasteiger partial charge in [-0.25, -0.2) is 14.6 Å². The topological polar surface area (TPSA) is 82.5 Å². The fraction of sp³-hybridized carbons (Fsp3) is 0.600. The molecular weight excluding hydrogens is 204 g/mol. The number of nitrogens with two attached hydrogens (primary N) is 1. The van der Waals surface area contributed by atoms with Crippen molar-refractivity contribution in [2.75, 3.05) is 6.54 Å². The summed E-state index contributed by atoms with van der Waals surface area (Å²) in [7, 11) is 0. The summed E-state index contributed by atoms with van der Waals surface area (Å²) in [5.74, 6) is 0.617. The first kappa shape index (κ1) is 9.65. The van der Waals surface area contributed by atoms with Crippen LogP contribution in [-0.2, 0) is 0 Å². The van der Waals surface area contributed by atoms with Crippen molar-refractivity contribution in [2.24, 2.45) is 11.7 Å². The first-order valence-electron chi connectivity index (χ1n) is 5.59. The molecule has 1 fully saturated rings. The largest absolute Gasteiger partial charge is 0.330 e. The average molecular weight is 218 g/mol. The second-order valence-electron chi connectivity index (χ2n) is 4.33. The predicted molar refractivity (Wildman–Crippen MR) is 58.6 cm³/mol. The second kappa shape index (κ2) is 3.79. The summed E-state index contributed by atoms with van der Waals surface area (Å²) in [6.07, 6.45) is 6.61. The van der Waals surface area contributed by atoms with E-state index < -0.39 is 0 Å². The Hall–Kier alpha value is -1.56. The zero-order valence-electron chi connectivity index (χ0n) is 8.95. The molecular formula is C10H14N6. The molecule has 2 aromatic heterocycles. The smallest absolute Gasteiger partial charge is 0.181 e.